The molecule has 558 valence electrons. The summed E-state index contributed by atoms with van der Waals surface area (Å²) in [5, 5.41) is 0. The van der Waals surface area contributed by atoms with Gasteiger partial charge in [0.1, 0.15) is 13.2 Å². The van der Waals surface area contributed by atoms with E-state index in [1.165, 1.54) is 135 Å². The van der Waals surface area contributed by atoms with Gasteiger partial charge in [-0.25, -0.2) is 9.13 Å². The summed E-state index contributed by atoms with van der Waals surface area (Å²) in [4.78, 5) is 85.4. The zero-order valence-corrected chi connectivity index (χ0v) is 62.8. The Hall–Kier alpha value is -3.72. The molecule has 4 N–H and O–H groups in total. The summed E-state index contributed by atoms with van der Waals surface area (Å²) in [5.74, 6) is -1.82. The Kier molecular flexibility index (Phi) is 72.7. The summed E-state index contributed by atoms with van der Waals surface area (Å²) >= 11 is 0. The molecule has 0 unspecified atom stereocenters. The molecule has 0 rings (SSSR count). The van der Waals surface area contributed by atoms with Gasteiger partial charge in [0.2, 0.25) is 0 Å². The van der Waals surface area contributed by atoms with E-state index in [-0.39, 0.29) is 38.9 Å². The van der Waals surface area contributed by atoms with Crippen LogP contribution < -0.4 is 0 Å². The summed E-state index contributed by atoms with van der Waals surface area (Å²) < 4.78 is 52.6. The van der Waals surface area contributed by atoms with E-state index in [1.54, 1.807) is 0 Å². The molecule has 0 aliphatic rings. The lowest BCUT2D eigenvalue weighted by atomic mass is 10.1. The predicted molar refractivity (Wildman–Crippen MR) is 395 cm³/mol. The van der Waals surface area contributed by atoms with Crippen molar-refractivity contribution in [3.05, 3.63) is 85.1 Å². The first-order chi connectivity index (χ1) is 46.6. The Bertz CT molecular complexity index is 2090. The van der Waals surface area contributed by atoms with E-state index in [2.05, 4.69) is 122 Å². The van der Waals surface area contributed by atoms with Gasteiger partial charge < -0.3 is 38.5 Å². The number of allylic oxidation sites excluding steroid dienone is 14. The van der Waals surface area contributed by atoms with Crippen molar-refractivity contribution in [1.29, 1.82) is 0 Å². The molecule has 2 atom stereocenters. The Balaban J connectivity index is 0. The van der Waals surface area contributed by atoms with Gasteiger partial charge in [0, 0.05) is 25.7 Å². The lowest BCUT2D eigenvalue weighted by Gasteiger charge is -2.18. The normalized spacial score (nSPS) is 12.9. The molecule has 0 radical (unpaired) electrons. The maximum Gasteiger partial charge on any atom is 0.469 e. The zero-order valence-electron chi connectivity index (χ0n) is 61.0. The van der Waals surface area contributed by atoms with Crippen LogP contribution in [0.25, 0.3) is 0 Å². The topological polar surface area (TPSA) is 239 Å². The van der Waals surface area contributed by atoms with Crippen molar-refractivity contribution >= 4 is 39.5 Å². The molecule has 18 heteroatoms. The third-order valence-corrected chi connectivity index (χ3v) is 16.9. The number of unbranched alkanes of at least 4 members (excludes halogenated alkanes) is 35. The number of carbonyl (C=O) groups is 4. The fourth-order valence-electron chi connectivity index (χ4n) is 10.2. The predicted octanol–water partition coefficient (Wildman–Crippen LogP) is 22.6. The quantitative estimate of drug-likeness (QED) is 0.0146. The molecule has 0 aromatic carbocycles. The largest absolute Gasteiger partial charge is 0.469 e. The number of hydrogen-bond acceptors (Lipinski definition) is 12. The second kappa shape index (κ2) is 74.0. The molecule has 0 amide bonds. The maximum absolute atomic E-state index is 12.4. The molecule has 0 aliphatic carbocycles. The van der Waals surface area contributed by atoms with E-state index in [9.17, 15) is 28.3 Å². The van der Waals surface area contributed by atoms with Gasteiger partial charge in [0.05, 0.1) is 13.2 Å². The molecule has 0 fully saturated rings. The number of carbonyl (C=O) groups excluding carboxylic acids is 4. The lowest BCUT2D eigenvalue weighted by Crippen LogP contribution is -2.29. The molecule has 0 aliphatic heterocycles. The highest BCUT2D eigenvalue weighted by Crippen LogP contribution is 2.37. The number of phosphoric ester groups is 2. The highest BCUT2D eigenvalue weighted by Gasteiger charge is 2.24. The summed E-state index contributed by atoms with van der Waals surface area (Å²) in [5.41, 5.74) is 0. The molecular weight excluding hydrogens is 1250 g/mol. The third-order valence-electron chi connectivity index (χ3n) is 16.0. The van der Waals surface area contributed by atoms with E-state index in [0.29, 0.717) is 25.7 Å². The standard InChI is InChI=1S/C39H71O8P.C39H69O8P/c2*1-3-5-7-9-11-13-15-17-19-21-23-25-27-29-31-33-38(40)45-35-37(36-46-48(42,43)44)47-39(41)34-32-30-28-26-24-22-20-18-16-14-12-10-8-6-4-2/h11-14,17,19,37H,3-10,15-16,18,20-36H2,1-2H3,(H2,42,43,44);11-14,17-20,37H,3-10,15-16,21-36H2,1-2H3,(H2,42,43,44)/b13-11+,14-12+,19-17+;13-11+,14-12+,19-17+,20-18-/t2*37-/m11/s1. The number of ether oxygens (including phenoxy) is 4. The van der Waals surface area contributed by atoms with Crippen molar-refractivity contribution in [3.63, 3.8) is 0 Å². The molecule has 0 saturated heterocycles. The van der Waals surface area contributed by atoms with E-state index in [0.717, 1.165) is 135 Å². The van der Waals surface area contributed by atoms with Gasteiger partial charge in [-0.2, -0.15) is 0 Å². The molecular formula is C78H140O16P2. The van der Waals surface area contributed by atoms with Gasteiger partial charge in [-0.1, -0.05) is 260 Å². The first kappa shape index (κ1) is 94.3. The third kappa shape index (κ3) is 81.0. The van der Waals surface area contributed by atoms with Crippen LogP contribution in [0.3, 0.4) is 0 Å². The maximum atomic E-state index is 12.4. The van der Waals surface area contributed by atoms with Crippen molar-refractivity contribution in [1.82, 2.24) is 0 Å². The van der Waals surface area contributed by atoms with Gasteiger partial charge in [-0.15, -0.1) is 0 Å². The van der Waals surface area contributed by atoms with Crippen molar-refractivity contribution in [2.45, 2.75) is 361 Å². The van der Waals surface area contributed by atoms with Crippen molar-refractivity contribution in [3.8, 4) is 0 Å². The summed E-state index contributed by atoms with van der Waals surface area (Å²) in [7, 11) is -9.51. The number of esters is 4. The zero-order chi connectivity index (χ0) is 70.8. The van der Waals surface area contributed by atoms with E-state index in [4.69, 9.17) is 38.5 Å². The second-order valence-electron chi connectivity index (χ2n) is 25.4. The SMILES string of the molecule is CCCCC/C=C/C/C=C/CCCCCCCC(=O)OC[C@H](COP(=O)(O)O)OC(=O)CCCCCCCCCC/C=C/CCCCC.CCCCC/C=C/C/C=C\CCCCCCCC(=O)O[C@H](COC(=O)CCCCCCC/C=C/C/C=C/CCCCC)COP(=O)(O)O. The molecule has 96 heavy (non-hydrogen) atoms. The molecule has 0 aromatic heterocycles. The molecule has 0 spiro atoms. The van der Waals surface area contributed by atoms with Crippen LogP contribution in [0.1, 0.15) is 349 Å². The van der Waals surface area contributed by atoms with Gasteiger partial charge in [0.25, 0.3) is 0 Å². The molecule has 0 heterocycles. The van der Waals surface area contributed by atoms with Crippen LogP contribution in [0, 0.1) is 0 Å². The Morgan fingerprint density at radius 3 is 0.698 bits per heavy atom. The number of phosphoric acid groups is 2. The van der Waals surface area contributed by atoms with Gasteiger partial charge in [-0.05, 0) is 148 Å². The molecule has 16 nitrogen and oxygen atoms in total. The van der Waals surface area contributed by atoms with Crippen molar-refractivity contribution in [2.75, 3.05) is 26.4 Å². The van der Waals surface area contributed by atoms with Crippen LogP contribution in [-0.2, 0) is 56.3 Å². The monoisotopic (exact) mass is 1390 g/mol. The average molecular weight is 1400 g/mol. The van der Waals surface area contributed by atoms with Crippen molar-refractivity contribution in [2.24, 2.45) is 0 Å². The van der Waals surface area contributed by atoms with Crippen LogP contribution in [0.4, 0.5) is 0 Å². The van der Waals surface area contributed by atoms with Gasteiger partial charge in [-0.3, -0.25) is 28.2 Å². The summed E-state index contributed by atoms with van der Waals surface area (Å²) in [6.07, 6.45) is 81.1. The van der Waals surface area contributed by atoms with Crippen LogP contribution >= 0.6 is 15.6 Å². The van der Waals surface area contributed by atoms with E-state index < -0.39 is 64.9 Å². The van der Waals surface area contributed by atoms with Gasteiger partial charge >= 0.3 is 39.5 Å². The highest BCUT2D eigenvalue weighted by molar-refractivity contribution is 7.46. The highest BCUT2D eigenvalue weighted by atomic mass is 31.2. The van der Waals surface area contributed by atoms with Crippen molar-refractivity contribution < 1.29 is 75.9 Å². The Labute approximate surface area is 585 Å². The minimum atomic E-state index is -4.76. The smallest absolute Gasteiger partial charge is 0.462 e. The van der Waals surface area contributed by atoms with Crippen LogP contribution in [0.2, 0.25) is 0 Å². The first-order valence-electron chi connectivity index (χ1n) is 38.2. The first-order valence-corrected chi connectivity index (χ1v) is 41.3. The van der Waals surface area contributed by atoms with Crippen LogP contribution in [0.15, 0.2) is 85.1 Å². The lowest BCUT2D eigenvalue weighted by molar-refractivity contribution is -0.161. The van der Waals surface area contributed by atoms with E-state index >= 15 is 0 Å². The second-order valence-corrected chi connectivity index (χ2v) is 27.9. The average Bonchev–Trinajstić information content (AvgIpc) is 3.75. The summed E-state index contributed by atoms with van der Waals surface area (Å²) in [6.45, 7) is 7.21. The minimum absolute atomic E-state index is 0.191. The number of hydrogen-bond donors (Lipinski definition) is 4. The van der Waals surface area contributed by atoms with Gasteiger partial charge in [0.15, 0.2) is 12.2 Å². The Morgan fingerprint density at radius 1 is 0.271 bits per heavy atom. The van der Waals surface area contributed by atoms with Crippen LogP contribution in [0.5, 0.6) is 0 Å². The summed E-state index contributed by atoms with van der Waals surface area (Å²) in [6, 6.07) is 0. The fraction of sp³-hybridized carbons (Fsp3) is 0.769. The molecule has 0 aromatic rings. The fourth-order valence-corrected chi connectivity index (χ4v) is 10.9. The van der Waals surface area contributed by atoms with E-state index in [1.807, 2.05) is 0 Å². The van der Waals surface area contributed by atoms with Crippen LogP contribution in [-0.4, -0.2) is 82.1 Å². The minimum Gasteiger partial charge on any atom is -0.462 e. The molecule has 0 saturated carbocycles. The Morgan fingerprint density at radius 2 is 0.469 bits per heavy atom. The number of rotatable bonds is 69. The molecule has 0 bridgehead atoms.